The minimum atomic E-state index is 0.353. The van der Waals surface area contributed by atoms with Crippen molar-refractivity contribution in [2.24, 2.45) is 11.3 Å². The fourth-order valence-corrected chi connectivity index (χ4v) is 4.01. The molecule has 0 spiro atoms. The van der Waals surface area contributed by atoms with Crippen molar-refractivity contribution in [3.63, 3.8) is 0 Å². The average molecular weight is 354 g/mol. The molecule has 2 atom stereocenters. The van der Waals surface area contributed by atoms with Crippen LogP contribution in [0.3, 0.4) is 0 Å². The van der Waals surface area contributed by atoms with E-state index in [1.54, 1.807) is 7.11 Å². The van der Waals surface area contributed by atoms with Crippen LogP contribution in [0.25, 0.3) is 0 Å². The normalized spacial score (nSPS) is 23.1. The third-order valence-corrected chi connectivity index (χ3v) is 5.37. The van der Waals surface area contributed by atoms with Gasteiger partial charge >= 0.3 is 0 Å². The highest BCUT2D eigenvalue weighted by Gasteiger charge is 2.34. The molecule has 0 radical (unpaired) electrons. The van der Waals surface area contributed by atoms with Crippen molar-refractivity contribution in [2.45, 2.75) is 59.1 Å². The fraction of sp³-hybridized carbons (Fsp3) is 0.667. The van der Waals surface area contributed by atoms with Gasteiger partial charge in [0, 0.05) is 28.9 Å². The highest BCUT2D eigenvalue weighted by atomic mass is 79.9. The molecule has 0 saturated heterocycles. The van der Waals surface area contributed by atoms with Crippen molar-refractivity contribution in [1.29, 1.82) is 0 Å². The first-order valence-electron chi connectivity index (χ1n) is 7.96. The summed E-state index contributed by atoms with van der Waals surface area (Å²) in [5.74, 6) is 0.723. The maximum absolute atomic E-state index is 5.36. The monoisotopic (exact) mass is 353 g/mol. The van der Waals surface area contributed by atoms with Crippen molar-refractivity contribution in [3.8, 4) is 0 Å². The first-order chi connectivity index (χ1) is 9.93. The molecule has 1 saturated carbocycles. The molecule has 0 amide bonds. The van der Waals surface area contributed by atoms with Crippen LogP contribution in [0.1, 0.15) is 52.0 Å². The number of methoxy groups -OCH3 is 1. The largest absolute Gasteiger partial charge is 0.382 e. The molecule has 3 heteroatoms. The number of anilines is 1. The topological polar surface area (TPSA) is 21.3 Å². The molecule has 0 aliphatic heterocycles. The number of hydrogen-bond donors (Lipinski definition) is 1. The average Bonchev–Trinajstić information content (AvgIpc) is 2.42. The number of ether oxygens (including phenoxy) is 1. The van der Waals surface area contributed by atoms with Crippen LogP contribution < -0.4 is 5.32 Å². The highest BCUT2D eigenvalue weighted by Crippen LogP contribution is 2.40. The molecular formula is C18H28BrNO. The second-order valence-electron chi connectivity index (χ2n) is 7.21. The van der Waals surface area contributed by atoms with Gasteiger partial charge in [-0.1, -0.05) is 55.6 Å². The molecule has 1 fully saturated rings. The SMILES string of the molecule is COCc1c(Br)cccc1NC1CCCCC1C(C)(C)C. The lowest BCUT2D eigenvalue weighted by Crippen LogP contribution is -2.40. The molecule has 0 bridgehead atoms. The van der Waals surface area contributed by atoms with Gasteiger partial charge in [-0.15, -0.1) is 0 Å². The standard InChI is InChI=1S/C18H28BrNO/c1-18(2,3)14-8-5-6-10-17(14)20-16-11-7-9-15(19)13(16)12-21-4/h7,9,11,14,17,20H,5-6,8,10,12H2,1-4H3. The molecule has 0 aromatic heterocycles. The van der Waals surface area contributed by atoms with Crippen molar-refractivity contribution in [3.05, 3.63) is 28.2 Å². The molecule has 118 valence electrons. The third kappa shape index (κ3) is 4.23. The van der Waals surface area contributed by atoms with Gasteiger partial charge in [-0.05, 0) is 36.3 Å². The molecule has 1 aromatic rings. The minimum absolute atomic E-state index is 0.353. The highest BCUT2D eigenvalue weighted by molar-refractivity contribution is 9.10. The zero-order valence-corrected chi connectivity index (χ0v) is 15.3. The molecular weight excluding hydrogens is 326 g/mol. The van der Waals surface area contributed by atoms with Crippen LogP contribution in [0.15, 0.2) is 22.7 Å². The molecule has 2 unspecified atom stereocenters. The van der Waals surface area contributed by atoms with E-state index in [2.05, 4.69) is 60.2 Å². The lowest BCUT2D eigenvalue weighted by atomic mass is 9.69. The van der Waals surface area contributed by atoms with E-state index >= 15 is 0 Å². The van der Waals surface area contributed by atoms with Crippen molar-refractivity contribution in [1.82, 2.24) is 0 Å². The molecule has 2 rings (SSSR count). The van der Waals surface area contributed by atoms with E-state index in [0.717, 1.165) is 10.4 Å². The molecule has 0 heterocycles. The molecule has 2 nitrogen and oxygen atoms in total. The van der Waals surface area contributed by atoms with E-state index in [1.165, 1.54) is 36.9 Å². The second-order valence-corrected chi connectivity index (χ2v) is 8.06. The van der Waals surface area contributed by atoms with Crippen LogP contribution in [-0.2, 0) is 11.3 Å². The summed E-state index contributed by atoms with van der Waals surface area (Å²) in [5, 5.41) is 3.82. The summed E-state index contributed by atoms with van der Waals surface area (Å²) in [5.41, 5.74) is 2.79. The Labute approximate surface area is 137 Å². The number of halogens is 1. The van der Waals surface area contributed by atoms with E-state index in [1.807, 2.05) is 0 Å². The Hall–Kier alpha value is -0.540. The van der Waals surface area contributed by atoms with E-state index in [-0.39, 0.29) is 0 Å². The quantitative estimate of drug-likeness (QED) is 0.759. The minimum Gasteiger partial charge on any atom is -0.382 e. The van der Waals surface area contributed by atoms with E-state index in [4.69, 9.17) is 4.74 Å². The smallest absolute Gasteiger partial charge is 0.0744 e. The van der Waals surface area contributed by atoms with Gasteiger partial charge in [-0.2, -0.15) is 0 Å². The number of rotatable bonds is 4. The van der Waals surface area contributed by atoms with E-state index in [0.29, 0.717) is 18.1 Å². The Kier molecular flexibility index (Phi) is 5.73. The Morgan fingerprint density at radius 3 is 2.62 bits per heavy atom. The zero-order chi connectivity index (χ0) is 15.5. The fourth-order valence-electron chi connectivity index (χ4n) is 3.52. The zero-order valence-electron chi connectivity index (χ0n) is 13.7. The first-order valence-corrected chi connectivity index (χ1v) is 8.75. The van der Waals surface area contributed by atoms with E-state index < -0.39 is 0 Å². The van der Waals surface area contributed by atoms with Gasteiger partial charge in [0.1, 0.15) is 0 Å². The third-order valence-electron chi connectivity index (χ3n) is 4.63. The number of nitrogens with one attached hydrogen (secondary N) is 1. The summed E-state index contributed by atoms with van der Waals surface area (Å²) >= 11 is 3.65. The lowest BCUT2D eigenvalue weighted by molar-refractivity contribution is 0.162. The van der Waals surface area contributed by atoms with Gasteiger partial charge in [-0.3, -0.25) is 0 Å². The Morgan fingerprint density at radius 2 is 1.95 bits per heavy atom. The summed E-state index contributed by atoms with van der Waals surface area (Å²) in [6.45, 7) is 7.74. The maximum Gasteiger partial charge on any atom is 0.0744 e. The summed E-state index contributed by atoms with van der Waals surface area (Å²) in [6.07, 6.45) is 5.29. The van der Waals surface area contributed by atoms with Crippen molar-refractivity contribution < 1.29 is 4.74 Å². The van der Waals surface area contributed by atoms with Crippen molar-refractivity contribution in [2.75, 3.05) is 12.4 Å². The maximum atomic E-state index is 5.36. The van der Waals surface area contributed by atoms with Gasteiger partial charge in [0.25, 0.3) is 0 Å². The van der Waals surface area contributed by atoms with Crippen LogP contribution >= 0.6 is 15.9 Å². The number of benzene rings is 1. The molecule has 1 aliphatic rings. The first kappa shape index (κ1) is 16.8. The summed E-state index contributed by atoms with van der Waals surface area (Å²) in [6, 6.07) is 6.92. The molecule has 1 aromatic carbocycles. The van der Waals surface area contributed by atoms with Crippen LogP contribution in [0.4, 0.5) is 5.69 Å². The van der Waals surface area contributed by atoms with E-state index in [9.17, 15) is 0 Å². The van der Waals surface area contributed by atoms with Crippen LogP contribution in [-0.4, -0.2) is 13.2 Å². The summed E-state index contributed by atoms with van der Waals surface area (Å²) < 4.78 is 6.49. The summed E-state index contributed by atoms with van der Waals surface area (Å²) in [7, 11) is 1.75. The Morgan fingerprint density at radius 1 is 1.24 bits per heavy atom. The summed E-state index contributed by atoms with van der Waals surface area (Å²) in [4.78, 5) is 0. The second kappa shape index (κ2) is 7.15. The Balaban J connectivity index is 2.21. The van der Waals surface area contributed by atoms with Gasteiger partial charge in [0.05, 0.1) is 6.61 Å². The van der Waals surface area contributed by atoms with Gasteiger partial charge in [0.2, 0.25) is 0 Å². The molecule has 21 heavy (non-hydrogen) atoms. The lowest BCUT2D eigenvalue weighted by Gasteiger charge is -2.41. The Bertz CT molecular complexity index is 467. The van der Waals surface area contributed by atoms with Crippen LogP contribution in [0, 0.1) is 11.3 Å². The predicted octanol–water partition coefficient (Wildman–Crippen LogP) is 5.61. The predicted molar refractivity (Wildman–Crippen MR) is 93.7 cm³/mol. The van der Waals surface area contributed by atoms with Gasteiger partial charge in [-0.25, -0.2) is 0 Å². The van der Waals surface area contributed by atoms with Crippen LogP contribution in [0.5, 0.6) is 0 Å². The van der Waals surface area contributed by atoms with Crippen molar-refractivity contribution >= 4 is 21.6 Å². The number of hydrogen-bond acceptors (Lipinski definition) is 2. The molecule has 1 aliphatic carbocycles. The van der Waals surface area contributed by atoms with Gasteiger partial charge < -0.3 is 10.1 Å². The van der Waals surface area contributed by atoms with Gasteiger partial charge in [0.15, 0.2) is 0 Å². The van der Waals surface area contributed by atoms with Crippen LogP contribution in [0.2, 0.25) is 0 Å². The molecule has 1 N–H and O–H groups in total.